The predicted octanol–water partition coefficient (Wildman–Crippen LogP) is 4.91. The molecule has 0 atom stereocenters. The molecule has 0 radical (unpaired) electrons. The van der Waals surface area contributed by atoms with Gasteiger partial charge in [0.15, 0.2) is 0 Å². The van der Waals surface area contributed by atoms with E-state index in [1.54, 1.807) is 12.1 Å². The summed E-state index contributed by atoms with van der Waals surface area (Å²) in [5.74, 6) is 0.745. The van der Waals surface area contributed by atoms with Crippen molar-refractivity contribution in [3.05, 3.63) is 63.7 Å². The highest BCUT2D eigenvalue weighted by atomic mass is 16.6. The molecule has 1 heterocycles. The second kappa shape index (κ2) is 9.06. The molecule has 2 aromatic rings. The Morgan fingerprint density at radius 3 is 2.42 bits per heavy atom. The number of nitrogens with one attached hydrogen (secondary N) is 1. The number of benzene rings is 2. The largest absolute Gasteiger partial charge is 0.490 e. The van der Waals surface area contributed by atoms with Gasteiger partial charge in [-0.2, -0.15) is 0 Å². The molecule has 1 N–H and O–H groups in total. The lowest BCUT2D eigenvalue weighted by atomic mass is 9.73. The average Bonchev–Trinajstić information content (AvgIpc) is 3.29. The van der Waals surface area contributed by atoms with E-state index in [9.17, 15) is 14.9 Å². The Bertz CT molecular complexity index is 945. The normalized spacial score (nSPS) is 18.5. The van der Waals surface area contributed by atoms with E-state index in [-0.39, 0.29) is 17.7 Å². The van der Waals surface area contributed by atoms with Crippen LogP contribution in [-0.2, 0) is 14.9 Å². The van der Waals surface area contributed by atoms with Crippen LogP contribution in [0.4, 0.5) is 11.4 Å². The number of ether oxygens (including phenoxy) is 2. The Labute approximate surface area is 181 Å². The van der Waals surface area contributed by atoms with Crippen molar-refractivity contribution in [2.24, 2.45) is 0 Å². The lowest BCUT2D eigenvalue weighted by Crippen LogP contribution is -2.44. The first-order valence-electron chi connectivity index (χ1n) is 10.9. The molecule has 7 nitrogen and oxygen atoms in total. The molecule has 7 heteroatoms. The van der Waals surface area contributed by atoms with Gasteiger partial charge in [-0.15, -0.1) is 0 Å². The molecule has 0 unspecified atom stereocenters. The lowest BCUT2D eigenvalue weighted by molar-refractivity contribution is -0.384. The fraction of sp³-hybridized carbons (Fsp3) is 0.458. The standard InChI is InChI=1S/C24H28N2O5/c1-17-16-19(8-11-22(17)31-21-4-2-3-5-21)25-23(27)24(12-14-30-15-13-24)18-6-9-20(10-7-18)26(28)29/h6-11,16,21H,2-5,12-15H2,1H3,(H,25,27). The van der Waals surface area contributed by atoms with Crippen LogP contribution < -0.4 is 10.1 Å². The van der Waals surface area contributed by atoms with Gasteiger partial charge in [0.2, 0.25) is 5.91 Å². The number of amides is 1. The van der Waals surface area contributed by atoms with Crippen LogP contribution in [0.5, 0.6) is 5.75 Å². The van der Waals surface area contributed by atoms with E-state index in [1.807, 2.05) is 25.1 Å². The average molecular weight is 424 g/mol. The Morgan fingerprint density at radius 2 is 1.81 bits per heavy atom. The van der Waals surface area contributed by atoms with Crippen LogP contribution in [0.2, 0.25) is 0 Å². The van der Waals surface area contributed by atoms with Gasteiger partial charge >= 0.3 is 0 Å². The number of rotatable bonds is 6. The minimum absolute atomic E-state index is 0.0137. The number of nitrogens with zero attached hydrogens (tertiary/aromatic N) is 1. The van der Waals surface area contributed by atoms with E-state index in [2.05, 4.69) is 5.32 Å². The van der Waals surface area contributed by atoms with Crippen molar-refractivity contribution in [3.63, 3.8) is 0 Å². The molecule has 2 fully saturated rings. The third-order valence-corrected chi connectivity index (χ3v) is 6.44. The molecule has 1 amide bonds. The van der Waals surface area contributed by atoms with Crippen LogP contribution in [0.3, 0.4) is 0 Å². The third-order valence-electron chi connectivity index (χ3n) is 6.44. The molecule has 1 saturated heterocycles. The maximum Gasteiger partial charge on any atom is 0.269 e. The monoisotopic (exact) mass is 424 g/mol. The summed E-state index contributed by atoms with van der Waals surface area (Å²) >= 11 is 0. The number of anilines is 1. The van der Waals surface area contributed by atoms with Gasteiger partial charge < -0.3 is 14.8 Å². The van der Waals surface area contributed by atoms with Gasteiger partial charge in [-0.25, -0.2) is 0 Å². The Kier molecular flexibility index (Phi) is 6.23. The predicted molar refractivity (Wildman–Crippen MR) is 118 cm³/mol. The summed E-state index contributed by atoms with van der Waals surface area (Å²) in [6.07, 6.45) is 5.96. The van der Waals surface area contributed by atoms with Crippen molar-refractivity contribution in [2.45, 2.75) is 57.0 Å². The van der Waals surface area contributed by atoms with Crippen molar-refractivity contribution < 1.29 is 19.2 Å². The summed E-state index contributed by atoms with van der Waals surface area (Å²) in [5, 5.41) is 14.1. The summed E-state index contributed by atoms with van der Waals surface area (Å²) in [6.45, 7) is 2.93. The van der Waals surface area contributed by atoms with Gasteiger partial charge in [0.05, 0.1) is 16.4 Å². The summed E-state index contributed by atoms with van der Waals surface area (Å²) in [6, 6.07) is 12.0. The highest BCUT2D eigenvalue weighted by molar-refractivity contribution is 5.99. The number of carbonyl (C=O) groups excluding carboxylic acids is 1. The van der Waals surface area contributed by atoms with Gasteiger partial charge in [0.25, 0.3) is 5.69 Å². The van der Waals surface area contributed by atoms with Gasteiger partial charge in [0.1, 0.15) is 5.75 Å². The Balaban J connectivity index is 1.53. The van der Waals surface area contributed by atoms with E-state index in [1.165, 1.54) is 25.0 Å². The fourth-order valence-corrected chi connectivity index (χ4v) is 4.56. The first kappa shape index (κ1) is 21.3. The lowest BCUT2D eigenvalue weighted by Gasteiger charge is -2.36. The van der Waals surface area contributed by atoms with Crippen LogP contribution in [0, 0.1) is 17.0 Å². The van der Waals surface area contributed by atoms with Crippen molar-refractivity contribution in [3.8, 4) is 5.75 Å². The minimum Gasteiger partial charge on any atom is -0.490 e. The molecular weight excluding hydrogens is 396 g/mol. The summed E-state index contributed by atoms with van der Waals surface area (Å²) in [7, 11) is 0. The molecule has 0 bridgehead atoms. The topological polar surface area (TPSA) is 90.7 Å². The minimum atomic E-state index is -0.777. The smallest absolute Gasteiger partial charge is 0.269 e. The molecule has 2 aromatic carbocycles. The zero-order valence-electron chi connectivity index (χ0n) is 17.8. The molecule has 0 aromatic heterocycles. The zero-order valence-corrected chi connectivity index (χ0v) is 17.8. The number of nitro groups is 1. The third kappa shape index (κ3) is 4.56. The van der Waals surface area contributed by atoms with Crippen LogP contribution in [-0.4, -0.2) is 30.1 Å². The second-order valence-electron chi connectivity index (χ2n) is 8.46. The fourth-order valence-electron chi connectivity index (χ4n) is 4.56. The summed E-state index contributed by atoms with van der Waals surface area (Å²) in [5.41, 5.74) is 1.71. The van der Waals surface area contributed by atoms with Crippen LogP contribution in [0.15, 0.2) is 42.5 Å². The van der Waals surface area contributed by atoms with Gasteiger partial charge in [-0.1, -0.05) is 12.1 Å². The van der Waals surface area contributed by atoms with Gasteiger partial charge in [-0.3, -0.25) is 14.9 Å². The van der Waals surface area contributed by atoms with Crippen LogP contribution >= 0.6 is 0 Å². The Hall–Kier alpha value is -2.93. The molecular formula is C24H28N2O5. The zero-order chi connectivity index (χ0) is 21.8. The number of hydrogen-bond donors (Lipinski definition) is 1. The summed E-state index contributed by atoms with van der Waals surface area (Å²) in [4.78, 5) is 24.0. The van der Waals surface area contributed by atoms with Crippen molar-refractivity contribution >= 4 is 17.3 Å². The first-order chi connectivity index (χ1) is 15.0. The highest BCUT2D eigenvalue weighted by Crippen LogP contribution is 2.37. The number of non-ortho nitro benzene ring substituents is 1. The van der Waals surface area contributed by atoms with Crippen LogP contribution in [0.25, 0.3) is 0 Å². The van der Waals surface area contributed by atoms with E-state index < -0.39 is 10.3 Å². The number of aryl methyl sites for hydroxylation is 1. The van der Waals surface area contributed by atoms with Crippen molar-refractivity contribution in [1.29, 1.82) is 0 Å². The first-order valence-corrected chi connectivity index (χ1v) is 10.9. The van der Waals surface area contributed by atoms with Crippen LogP contribution in [0.1, 0.15) is 49.7 Å². The molecule has 2 aliphatic rings. The SMILES string of the molecule is Cc1cc(NC(=O)C2(c3ccc([N+](=O)[O-])cc3)CCOCC2)ccc1OC1CCCC1. The van der Waals surface area contributed by atoms with Crippen molar-refractivity contribution in [2.75, 3.05) is 18.5 Å². The number of hydrogen-bond acceptors (Lipinski definition) is 5. The molecule has 1 aliphatic carbocycles. The quantitative estimate of drug-likeness (QED) is 0.525. The number of nitro benzene ring substituents is 1. The van der Waals surface area contributed by atoms with E-state index in [0.717, 1.165) is 29.7 Å². The maximum absolute atomic E-state index is 13.5. The Morgan fingerprint density at radius 1 is 1.13 bits per heavy atom. The van der Waals surface area contributed by atoms with Crippen molar-refractivity contribution in [1.82, 2.24) is 0 Å². The molecule has 31 heavy (non-hydrogen) atoms. The van der Waals surface area contributed by atoms with E-state index in [4.69, 9.17) is 9.47 Å². The highest BCUT2D eigenvalue weighted by Gasteiger charge is 2.42. The molecule has 164 valence electrons. The second-order valence-corrected chi connectivity index (χ2v) is 8.46. The van der Waals surface area contributed by atoms with Gasteiger partial charge in [0, 0.05) is 31.0 Å². The van der Waals surface area contributed by atoms with E-state index >= 15 is 0 Å². The van der Waals surface area contributed by atoms with Gasteiger partial charge in [-0.05, 0) is 74.8 Å². The summed E-state index contributed by atoms with van der Waals surface area (Å²) < 4.78 is 11.6. The maximum atomic E-state index is 13.5. The van der Waals surface area contributed by atoms with E-state index in [0.29, 0.717) is 31.7 Å². The molecule has 1 saturated carbocycles. The number of carbonyl (C=O) groups is 1. The molecule has 4 rings (SSSR count). The molecule has 1 aliphatic heterocycles. The molecule has 0 spiro atoms.